The summed E-state index contributed by atoms with van der Waals surface area (Å²) in [6, 6.07) is 9.68. The number of rotatable bonds is 3. The van der Waals surface area contributed by atoms with E-state index in [1.54, 1.807) is 0 Å². The first-order chi connectivity index (χ1) is 12.6. The van der Waals surface area contributed by atoms with Crippen molar-refractivity contribution in [1.82, 2.24) is 9.97 Å². The van der Waals surface area contributed by atoms with Gasteiger partial charge in [-0.05, 0) is 51.2 Å². The highest BCUT2D eigenvalue weighted by Gasteiger charge is 2.27. The minimum atomic E-state index is 0.343. The molecule has 1 aromatic carbocycles. The maximum Gasteiger partial charge on any atom is 0.225 e. The van der Waals surface area contributed by atoms with Crippen LogP contribution in [0, 0.1) is 13.8 Å². The second-order valence-electron chi connectivity index (χ2n) is 7.88. The van der Waals surface area contributed by atoms with Gasteiger partial charge in [0, 0.05) is 23.8 Å². The first kappa shape index (κ1) is 17.3. The van der Waals surface area contributed by atoms with Gasteiger partial charge >= 0.3 is 0 Å². The van der Waals surface area contributed by atoms with E-state index in [4.69, 9.17) is 9.97 Å². The summed E-state index contributed by atoms with van der Waals surface area (Å²) in [6.07, 6.45) is 7.54. The van der Waals surface area contributed by atoms with Crippen molar-refractivity contribution in [2.24, 2.45) is 0 Å². The summed E-state index contributed by atoms with van der Waals surface area (Å²) in [5.41, 5.74) is 5.18. The normalized spacial score (nSPS) is 20.7. The van der Waals surface area contributed by atoms with Crippen LogP contribution in [-0.2, 0) is 6.42 Å². The van der Waals surface area contributed by atoms with Gasteiger partial charge in [0.2, 0.25) is 5.95 Å². The summed E-state index contributed by atoms with van der Waals surface area (Å²) < 4.78 is 0. The second-order valence-corrected chi connectivity index (χ2v) is 7.88. The maximum absolute atomic E-state index is 4.98. The van der Waals surface area contributed by atoms with Crippen LogP contribution < -0.4 is 10.2 Å². The van der Waals surface area contributed by atoms with Crippen LogP contribution in [0.2, 0.25) is 0 Å². The van der Waals surface area contributed by atoms with E-state index in [2.05, 4.69) is 55.3 Å². The fraction of sp³-hybridized carbons (Fsp3) is 0.545. The number of hydrogen-bond donors (Lipinski definition) is 1. The predicted molar refractivity (Wildman–Crippen MR) is 108 cm³/mol. The molecule has 2 heterocycles. The number of hydrogen-bond acceptors (Lipinski definition) is 4. The number of nitrogens with zero attached hydrogens (tertiary/aromatic N) is 3. The van der Waals surface area contributed by atoms with Crippen molar-refractivity contribution in [3.05, 3.63) is 46.6 Å². The first-order valence-corrected chi connectivity index (χ1v) is 10.1. The van der Waals surface area contributed by atoms with Gasteiger partial charge in [0.05, 0.1) is 6.04 Å². The lowest BCUT2D eigenvalue weighted by atomic mass is 9.93. The van der Waals surface area contributed by atoms with Crippen LogP contribution in [0.15, 0.2) is 24.3 Å². The third-order valence-electron chi connectivity index (χ3n) is 6.17. The Morgan fingerprint density at radius 2 is 1.81 bits per heavy atom. The fourth-order valence-corrected chi connectivity index (χ4v) is 4.45. The molecule has 0 amide bonds. The molecule has 1 N–H and O–H groups in total. The molecule has 4 rings (SSSR count). The Balaban J connectivity index is 1.63. The average Bonchev–Trinajstić information content (AvgIpc) is 2.66. The summed E-state index contributed by atoms with van der Waals surface area (Å²) in [5, 5.41) is 3.61. The van der Waals surface area contributed by atoms with Gasteiger partial charge in [0.15, 0.2) is 0 Å². The fourth-order valence-electron chi connectivity index (χ4n) is 4.45. The standard InChI is InChI=1S/C22H30N4/c1-15-16(2)23-22(24-19-10-5-4-6-11-19)25-21(15)26-14-13-18-9-7-8-12-20(18)17(26)3/h7-9,12,17,19H,4-6,10-11,13-14H2,1-3H3,(H,23,24,25). The molecule has 1 aliphatic heterocycles. The minimum absolute atomic E-state index is 0.343. The monoisotopic (exact) mass is 350 g/mol. The Morgan fingerprint density at radius 1 is 1.04 bits per heavy atom. The van der Waals surface area contributed by atoms with E-state index in [0.29, 0.717) is 12.1 Å². The number of anilines is 2. The first-order valence-electron chi connectivity index (χ1n) is 10.1. The highest BCUT2D eigenvalue weighted by Crippen LogP contribution is 2.35. The molecule has 0 saturated heterocycles. The zero-order chi connectivity index (χ0) is 18.1. The van der Waals surface area contributed by atoms with Crippen molar-refractivity contribution in [3.8, 4) is 0 Å². The quantitative estimate of drug-likeness (QED) is 0.849. The van der Waals surface area contributed by atoms with Crippen molar-refractivity contribution >= 4 is 11.8 Å². The lowest BCUT2D eigenvalue weighted by Gasteiger charge is -2.37. The third-order valence-corrected chi connectivity index (χ3v) is 6.17. The average molecular weight is 351 g/mol. The van der Waals surface area contributed by atoms with Gasteiger partial charge in [-0.1, -0.05) is 43.5 Å². The highest BCUT2D eigenvalue weighted by atomic mass is 15.3. The van der Waals surface area contributed by atoms with Gasteiger partial charge < -0.3 is 10.2 Å². The van der Waals surface area contributed by atoms with E-state index >= 15 is 0 Å². The summed E-state index contributed by atoms with van der Waals surface area (Å²) in [7, 11) is 0. The molecule has 1 fully saturated rings. The molecule has 0 spiro atoms. The number of benzene rings is 1. The highest BCUT2D eigenvalue weighted by molar-refractivity contribution is 5.55. The molecule has 1 unspecified atom stereocenters. The minimum Gasteiger partial charge on any atom is -0.351 e. The molecular formula is C22H30N4. The lowest BCUT2D eigenvalue weighted by molar-refractivity contribution is 0.460. The molecule has 26 heavy (non-hydrogen) atoms. The summed E-state index contributed by atoms with van der Waals surface area (Å²) in [5.74, 6) is 1.90. The van der Waals surface area contributed by atoms with Crippen molar-refractivity contribution < 1.29 is 0 Å². The lowest BCUT2D eigenvalue weighted by Crippen LogP contribution is -2.35. The smallest absolute Gasteiger partial charge is 0.225 e. The molecule has 1 atom stereocenters. The van der Waals surface area contributed by atoms with Gasteiger partial charge in [-0.2, -0.15) is 4.98 Å². The van der Waals surface area contributed by atoms with Crippen molar-refractivity contribution in [2.75, 3.05) is 16.8 Å². The van der Waals surface area contributed by atoms with Crippen molar-refractivity contribution in [1.29, 1.82) is 0 Å². The number of nitrogens with one attached hydrogen (secondary N) is 1. The topological polar surface area (TPSA) is 41.1 Å². The zero-order valence-electron chi connectivity index (χ0n) is 16.3. The summed E-state index contributed by atoms with van der Waals surface area (Å²) in [4.78, 5) is 12.2. The Bertz CT molecular complexity index is 780. The summed E-state index contributed by atoms with van der Waals surface area (Å²) >= 11 is 0. The van der Waals surface area contributed by atoms with Crippen LogP contribution >= 0.6 is 0 Å². The Hall–Kier alpha value is -2.10. The molecule has 1 aliphatic carbocycles. The molecule has 0 radical (unpaired) electrons. The van der Waals surface area contributed by atoms with Crippen LogP contribution in [0.5, 0.6) is 0 Å². The van der Waals surface area contributed by atoms with Crippen LogP contribution in [0.4, 0.5) is 11.8 Å². The SMILES string of the molecule is Cc1nc(NC2CCCCC2)nc(N2CCc3ccccc3C2C)c1C. The Kier molecular flexibility index (Phi) is 4.84. The number of aryl methyl sites for hydroxylation is 1. The van der Waals surface area contributed by atoms with Gasteiger partial charge in [-0.15, -0.1) is 0 Å². The maximum atomic E-state index is 4.98. The van der Waals surface area contributed by atoms with E-state index in [9.17, 15) is 0 Å². The van der Waals surface area contributed by atoms with Crippen LogP contribution in [0.1, 0.15) is 67.5 Å². The second kappa shape index (κ2) is 7.26. The van der Waals surface area contributed by atoms with Crippen LogP contribution in [0.25, 0.3) is 0 Å². The van der Waals surface area contributed by atoms with E-state index in [-0.39, 0.29) is 0 Å². The molecule has 1 saturated carbocycles. The third kappa shape index (κ3) is 3.29. The van der Waals surface area contributed by atoms with Gasteiger partial charge in [0.25, 0.3) is 0 Å². The van der Waals surface area contributed by atoms with Crippen LogP contribution in [0.3, 0.4) is 0 Å². The van der Waals surface area contributed by atoms with E-state index in [1.807, 2.05) is 0 Å². The molecule has 1 aromatic heterocycles. The number of aromatic nitrogens is 2. The summed E-state index contributed by atoms with van der Waals surface area (Å²) in [6.45, 7) is 7.57. The van der Waals surface area contributed by atoms with E-state index < -0.39 is 0 Å². The zero-order valence-corrected chi connectivity index (χ0v) is 16.3. The molecular weight excluding hydrogens is 320 g/mol. The van der Waals surface area contributed by atoms with Gasteiger partial charge in [-0.3, -0.25) is 0 Å². The molecule has 0 bridgehead atoms. The van der Waals surface area contributed by atoms with Gasteiger partial charge in [-0.25, -0.2) is 4.98 Å². The molecule has 2 aromatic rings. The van der Waals surface area contributed by atoms with Crippen LogP contribution in [-0.4, -0.2) is 22.6 Å². The van der Waals surface area contributed by atoms with E-state index in [0.717, 1.165) is 30.4 Å². The molecule has 2 aliphatic rings. The molecule has 4 nitrogen and oxygen atoms in total. The predicted octanol–water partition coefficient (Wildman–Crippen LogP) is 4.96. The van der Waals surface area contributed by atoms with E-state index in [1.165, 1.54) is 48.8 Å². The van der Waals surface area contributed by atoms with Crippen molar-refractivity contribution in [2.45, 2.75) is 71.4 Å². The largest absolute Gasteiger partial charge is 0.351 e. The molecule has 4 heteroatoms. The Morgan fingerprint density at radius 3 is 2.62 bits per heavy atom. The van der Waals surface area contributed by atoms with Crippen molar-refractivity contribution in [3.63, 3.8) is 0 Å². The molecule has 138 valence electrons. The Labute approximate surface area is 157 Å². The number of fused-ring (bicyclic) bond motifs is 1. The van der Waals surface area contributed by atoms with Gasteiger partial charge in [0.1, 0.15) is 5.82 Å².